The van der Waals surface area contributed by atoms with Crippen LogP contribution in [0.1, 0.15) is 20.3 Å². The van der Waals surface area contributed by atoms with Gasteiger partial charge in [0.15, 0.2) is 0 Å². The predicted octanol–water partition coefficient (Wildman–Crippen LogP) is 2.76. The third kappa shape index (κ3) is 4.56. The lowest BCUT2D eigenvalue weighted by molar-refractivity contribution is -0.116. The number of hydrogen-bond acceptors (Lipinski definition) is 2. The molecule has 0 saturated heterocycles. The Balaban J connectivity index is 2.62. The number of rotatable bonds is 4. The zero-order valence-electron chi connectivity index (χ0n) is 9.79. The van der Waals surface area contributed by atoms with E-state index in [-0.39, 0.29) is 16.6 Å². The number of alkyl halides is 1. The van der Waals surface area contributed by atoms with E-state index in [0.717, 1.165) is 6.42 Å². The number of nitrogens with one attached hydrogen (secondary N) is 2. The lowest BCUT2D eigenvalue weighted by Gasteiger charge is -2.09. The highest BCUT2D eigenvalue weighted by molar-refractivity contribution is 9.10. The van der Waals surface area contributed by atoms with Gasteiger partial charge >= 0.3 is 0 Å². The first kappa shape index (κ1) is 13.7. The summed E-state index contributed by atoms with van der Waals surface area (Å²) in [5.41, 5.74) is 1.42. The van der Waals surface area contributed by atoms with Crippen molar-refractivity contribution >= 4 is 39.1 Å². The molecule has 1 rings (SSSR count). The van der Waals surface area contributed by atoms with Crippen molar-refractivity contribution in [1.82, 2.24) is 0 Å². The van der Waals surface area contributed by atoms with Crippen molar-refractivity contribution in [3.63, 3.8) is 0 Å². The van der Waals surface area contributed by atoms with Crippen molar-refractivity contribution in [2.45, 2.75) is 25.1 Å². The van der Waals surface area contributed by atoms with Gasteiger partial charge < -0.3 is 10.6 Å². The number of carbonyl (C=O) groups excluding carboxylic acids is 2. The maximum Gasteiger partial charge on any atom is 0.238 e. The summed E-state index contributed by atoms with van der Waals surface area (Å²) >= 11 is 3.28. The van der Waals surface area contributed by atoms with Crippen molar-refractivity contribution in [3.05, 3.63) is 24.3 Å². The second-order valence-corrected chi connectivity index (χ2v) is 4.73. The van der Waals surface area contributed by atoms with Crippen molar-refractivity contribution in [1.29, 1.82) is 0 Å². The van der Waals surface area contributed by atoms with Crippen LogP contribution in [0.15, 0.2) is 24.3 Å². The number of carbonyl (C=O) groups is 2. The summed E-state index contributed by atoms with van der Waals surface area (Å²) in [6, 6.07) is 6.98. The normalized spacial score (nSPS) is 11.7. The Labute approximate surface area is 109 Å². The minimum atomic E-state index is -0.183. The molecule has 1 atom stereocenters. The molecule has 0 saturated carbocycles. The van der Waals surface area contributed by atoms with Gasteiger partial charge in [-0.3, -0.25) is 9.59 Å². The van der Waals surface area contributed by atoms with Gasteiger partial charge in [0.25, 0.3) is 0 Å². The van der Waals surface area contributed by atoms with Crippen molar-refractivity contribution in [2.24, 2.45) is 0 Å². The van der Waals surface area contributed by atoms with Gasteiger partial charge in [-0.25, -0.2) is 0 Å². The first-order valence-electron chi connectivity index (χ1n) is 5.35. The van der Waals surface area contributed by atoms with Crippen LogP contribution in [0.4, 0.5) is 11.4 Å². The van der Waals surface area contributed by atoms with Gasteiger partial charge in [0, 0.05) is 18.3 Å². The summed E-state index contributed by atoms with van der Waals surface area (Å²) in [5.74, 6) is -0.187. The highest BCUT2D eigenvalue weighted by atomic mass is 79.9. The average molecular weight is 299 g/mol. The molecule has 0 radical (unpaired) electrons. The molecule has 17 heavy (non-hydrogen) atoms. The molecule has 5 heteroatoms. The molecule has 0 unspecified atom stereocenters. The molecule has 0 fully saturated rings. The van der Waals surface area contributed by atoms with E-state index in [9.17, 15) is 9.59 Å². The molecule has 2 N–H and O–H groups in total. The van der Waals surface area contributed by atoms with E-state index in [1.807, 2.05) is 6.92 Å². The third-order valence-corrected chi connectivity index (χ3v) is 3.18. The summed E-state index contributed by atoms with van der Waals surface area (Å²) in [6.07, 6.45) is 0.732. The zero-order valence-corrected chi connectivity index (χ0v) is 11.4. The minimum Gasteiger partial charge on any atom is -0.326 e. The summed E-state index contributed by atoms with van der Waals surface area (Å²) in [7, 11) is 0. The van der Waals surface area contributed by atoms with Crippen LogP contribution in [0.3, 0.4) is 0 Å². The maximum absolute atomic E-state index is 11.6. The smallest absolute Gasteiger partial charge is 0.238 e. The van der Waals surface area contributed by atoms with Gasteiger partial charge in [0.05, 0.1) is 4.83 Å². The molecule has 92 valence electrons. The number of halogens is 1. The largest absolute Gasteiger partial charge is 0.326 e. The van der Waals surface area contributed by atoms with E-state index < -0.39 is 0 Å². The average Bonchev–Trinajstić information content (AvgIpc) is 2.30. The van der Waals surface area contributed by atoms with E-state index in [1.54, 1.807) is 24.3 Å². The molecule has 1 aromatic carbocycles. The number of hydrogen-bond donors (Lipinski definition) is 2. The van der Waals surface area contributed by atoms with Gasteiger partial charge in [0.2, 0.25) is 11.8 Å². The molecular weight excluding hydrogens is 284 g/mol. The molecule has 0 heterocycles. The van der Waals surface area contributed by atoms with Gasteiger partial charge in [0.1, 0.15) is 0 Å². The fourth-order valence-electron chi connectivity index (χ4n) is 1.25. The lowest BCUT2D eigenvalue weighted by Crippen LogP contribution is -2.21. The van der Waals surface area contributed by atoms with Crippen LogP contribution in [0, 0.1) is 0 Å². The van der Waals surface area contributed by atoms with Crippen LogP contribution in [0.5, 0.6) is 0 Å². The van der Waals surface area contributed by atoms with Crippen LogP contribution in [0.25, 0.3) is 0 Å². The van der Waals surface area contributed by atoms with E-state index in [0.29, 0.717) is 11.4 Å². The van der Waals surface area contributed by atoms with E-state index >= 15 is 0 Å². The van der Waals surface area contributed by atoms with E-state index in [2.05, 4.69) is 26.6 Å². The Morgan fingerprint density at radius 3 is 2.06 bits per heavy atom. The quantitative estimate of drug-likeness (QED) is 0.840. The van der Waals surface area contributed by atoms with Crippen LogP contribution in [-0.4, -0.2) is 16.6 Å². The number of benzene rings is 1. The monoisotopic (exact) mass is 298 g/mol. The molecular formula is C12H15BrN2O2. The zero-order chi connectivity index (χ0) is 12.8. The Morgan fingerprint density at radius 1 is 1.18 bits per heavy atom. The van der Waals surface area contributed by atoms with E-state index in [1.165, 1.54) is 6.92 Å². The third-order valence-electron chi connectivity index (χ3n) is 2.12. The SMILES string of the molecule is CC[C@@H](Br)C(=O)Nc1ccc(NC(C)=O)cc1. The fraction of sp³-hybridized carbons (Fsp3) is 0.333. The summed E-state index contributed by atoms with van der Waals surface area (Å²) < 4.78 is 0. The Hall–Kier alpha value is -1.36. The molecule has 0 bridgehead atoms. The van der Waals surface area contributed by atoms with Crippen LogP contribution < -0.4 is 10.6 Å². The molecule has 0 spiro atoms. The van der Waals surface area contributed by atoms with Crippen LogP contribution in [0.2, 0.25) is 0 Å². The van der Waals surface area contributed by atoms with Crippen molar-refractivity contribution in [2.75, 3.05) is 10.6 Å². The van der Waals surface area contributed by atoms with Gasteiger partial charge in [-0.1, -0.05) is 22.9 Å². The molecule has 0 aliphatic rings. The van der Waals surface area contributed by atoms with Crippen molar-refractivity contribution in [3.8, 4) is 0 Å². The van der Waals surface area contributed by atoms with E-state index in [4.69, 9.17) is 0 Å². The molecule has 1 aromatic rings. The lowest BCUT2D eigenvalue weighted by atomic mass is 10.2. The second kappa shape index (κ2) is 6.39. The van der Waals surface area contributed by atoms with Crippen molar-refractivity contribution < 1.29 is 9.59 Å². The summed E-state index contributed by atoms with van der Waals surface area (Å²) in [5, 5.41) is 5.43. The number of amides is 2. The highest BCUT2D eigenvalue weighted by Gasteiger charge is 2.11. The molecule has 0 aliphatic carbocycles. The topological polar surface area (TPSA) is 58.2 Å². The highest BCUT2D eigenvalue weighted by Crippen LogP contribution is 2.15. The summed E-state index contributed by atoms with van der Waals surface area (Å²) in [4.78, 5) is 22.2. The van der Waals surface area contributed by atoms with Gasteiger partial charge in [-0.2, -0.15) is 0 Å². The number of anilines is 2. The standard InChI is InChI=1S/C12H15BrN2O2/c1-3-11(13)12(17)15-10-6-4-9(5-7-10)14-8(2)16/h4-7,11H,3H2,1-2H3,(H,14,16)(H,15,17)/t11-/m1/s1. The Kier molecular flexibility index (Phi) is 5.15. The molecule has 0 aromatic heterocycles. The predicted molar refractivity (Wildman–Crippen MR) is 72.4 cm³/mol. The first-order valence-corrected chi connectivity index (χ1v) is 6.27. The Bertz CT molecular complexity index is 403. The first-order chi connectivity index (χ1) is 8.02. The van der Waals surface area contributed by atoms with Gasteiger partial charge in [-0.05, 0) is 30.7 Å². The molecule has 2 amide bonds. The summed E-state index contributed by atoms with van der Waals surface area (Å²) in [6.45, 7) is 3.38. The Morgan fingerprint density at radius 2 is 1.65 bits per heavy atom. The van der Waals surface area contributed by atoms with Crippen LogP contribution >= 0.6 is 15.9 Å². The second-order valence-electron chi connectivity index (χ2n) is 3.62. The maximum atomic E-state index is 11.6. The fourth-order valence-corrected chi connectivity index (χ4v) is 1.36. The minimum absolute atomic E-state index is 0.0697. The van der Waals surface area contributed by atoms with Gasteiger partial charge in [-0.15, -0.1) is 0 Å². The molecule has 0 aliphatic heterocycles. The van der Waals surface area contributed by atoms with Crippen LogP contribution in [-0.2, 0) is 9.59 Å². The molecule has 4 nitrogen and oxygen atoms in total.